The summed E-state index contributed by atoms with van der Waals surface area (Å²) in [6, 6.07) is 0. The Morgan fingerprint density at radius 1 is 1.39 bits per heavy atom. The minimum Gasteiger partial charge on any atom is -0.466 e. The van der Waals surface area contributed by atoms with Gasteiger partial charge in [0, 0.05) is 0 Å². The second-order valence-corrected chi connectivity index (χ2v) is 6.44. The third-order valence-corrected chi connectivity index (χ3v) is 3.62. The molecule has 3 atom stereocenters. The Bertz CT molecular complexity index is 363. The van der Waals surface area contributed by atoms with Crippen molar-refractivity contribution in [3.05, 3.63) is 0 Å². The van der Waals surface area contributed by atoms with Crippen LogP contribution in [0.15, 0.2) is 0 Å². The lowest BCUT2D eigenvalue weighted by atomic mass is 10.2. The van der Waals surface area contributed by atoms with Crippen LogP contribution in [0.4, 0.5) is 4.79 Å². The van der Waals surface area contributed by atoms with Gasteiger partial charge in [0.05, 0.1) is 17.8 Å². The number of nitrogens with one attached hydrogen (secondary N) is 1. The van der Waals surface area contributed by atoms with Gasteiger partial charge in [-0.2, -0.15) is 0 Å². The summed E-state index contributed by atoms with van der Waals surface area (Å²) in [4.78, 5) is 22.7. The molecule has 0 spiro atoms. The van der Waals surface area contributed by atoms with Gasteiger partial charge < -0.3 is 9.47 Å². The molecular weight excluding hydrogens is 258 g/mol. The van der Waals surface area contributed by atoms with Crippen molar-refractivity contribution in [2.75, 3.05) is 6.61 Å². The normalized spacial score (nSPS) is 24.0. The van der Waals surface area contributed by atoms with Crippen molar-refractivity contribution in [2.24, 2.45) is 5.92 Å². The van der Waals surface area contributed by atoms with Gasteiger partial charge in [0.15, 0.2) is 0 Å². The van der Waals surface area contributed by atoms with Crippen molar-refractivity contribution in [3.63, 3.8) is 0 Å². The molecule has 1 N–H and O–H groups in total. The molecule has 3 unspecified atom stereocenters. The summed E-state index contributed by atoms with van der Waals surface area (Å²) >= 11 is 0. The zero-order valence-electron chi connectivity index (χ0n) is 11.0. The van der Waals surface area contributed by atoms with E-state index in [-0.39, 0.29) is 17.1 Å². The second-order valence-electron chi connectivity index (χ2n) is 5.03. The van der Waals surface area contributed by atoms with Crippen LogP contribution in [0.1, 0.15) is 34.1 Å². The maximum Gasteiger partial charge on any atom is 0.419 e. The van der Waals surface area contributed by atoms with Gasteiger partial charge in [-0.25, -0.2) is 13.7 Å². The number of hydrogen-bond acceptors (Lipinski definition) is 5. The maximum absolute atomic E-state index is 11.7. The number of esters is 1. The molecule has 0 heterocycles. The quantitative estimate of drug-likeness (QED) is 0.779. The summed E-state index contributed by atoms with van der Waals surface area (Å²) < 4.78 is 23.7. The molecule has 1 aliphatic carbocycles. The molecule has 104 valence electrons. The highest BCUT2D eigenvalue weighted by molar-refractivity contribution is 7.84. The van der Waals surface area contributed by atoms with Gasteiger partial charge in [0.2, 0.25) is 0 Å². The molecule has 6 nitrogen and oxygen atoms in total. The van der Waals surface area contributed by atoms with Crippen LogP contribution in [0.5, 0.6) is 0 Å². The first-order chi connectivity index (χ1) is 8.24. The number of carbonyl (C=O) groups is 2. The third-order valence-electron chi connectivity index (χ3n) is 2.18. The summed E-state index contributed by atoms with van der Waals surface area (Å²) in [6.07, 6.45) is -0.267. The van der Waals surface area contributed by atoms with Crippen molar-refractivity contribution in [2.45, 2.75) is 45.0 Å². The standard InChI is InChI=1S/C11H19NO5S/c1-5-16-9(13)7-6-8(7)18(15)12-10(14)17-11(2,3)4/h7-8H,5-6H2,1-4H3,(H,12,14). The number of hydrogen-bond donors (Lipinski definition) is 1. The Kier molecular flexibility index (Phi) is 4.72. The highest BCUT2D eigenvalue weighted by Crippen LogP contribution is 2.36. The molecule has 1 rings (SSSR count). The lowest BCUT2D eigenvalue weighted by molar-refractivity contribution is -0.144. The van der Waals surface area contributed by atoms with Gasteiger partial charge in [0.25, 0.3) is 0 Å². The van der Waals surface area contributed by atoms with E-state index in [4.69, 9.17) is 9.47 Å². The van der Waals surface area contributed by atoms with E-state index >= 15 is 0 Å². The molecule has 0 saturated heterocycles. The van der Waals surface area contributed by atoms with E-state index in [0.29, 0.717) is 13.0 Å². The first kappa shape index (κ1) is 14.9. The largest absolute Gasteiger partial charge is 0.466 e. The zero-order valence-corrected chi connectivity index (χ0v) is 11.8. The molecule has 1 saturated carbocycles. The Morgan fingerprint density at radius 3 is 2.50 bits per heavy atom. The Balaban J connectivity index is 2.36. The van der Waals surface area contributed by atoms with Crippen LogP contribution in [-0.4, -0.2) is 33.7 Å². The summed E-state index contributed by atoms with van der Waals surface area (Å²) in [5.74, 6) is -0.734. The maximum atomic E-state index is 11.7. The fraction of sp³-hybridized carbons (Fsp3) is 0.818. The fourth-order valence-electron chi connectivity index (χ4n) is 1.36. The van der Waals surface area contributed by atoms with Gasteiger partial charge in [-0.05, 0) is 34.1 Å². The van der Waals surface area contributed by atoms with Gasteiger partial charge in [0.1, 0.15) is 16.6 Å². The molecule has 1 amide bonds. The molecule has 0 aromatic rings. The van der Waals surface area contributed by atoms with Crippen molar-refractivity contribution >= 4 is 23.0 Å². The summed E-state index contributed by atoms with van der Waals surface area (Å²) in [7, 11) is -1.61. The Hall–Kier alpha value is -1.11. The van der Waals surface area contributed by atoms with Crippen molar-refractivity contribution < 1.29 is 23.3 Å². The van der Waals surface area contributed by atoms with Crippen LogP contribution in [-0.2, 0) is 25.3 Å². The molecule has 7 heteroatoms. The van der Waals surface area contributed by atoms with Gasteiger partial charge in [-0.15, -0.1) is 0 Å². The van der Waals surface area contributed by atoms with Crippen molar-refractivity contribution in [3.8, 4) is 0 Å². The highest BCUT2D eigenvalue weighted by atomic mass is 32.2. The van der Waals surface area contributed by atoms with Gasteiger partial charge in [-0.1, -0.05) is 0 Å². The minimum absolute atomic E-state index is 0.300. The van der Waals surface area contributed by atoms with Crippen LogP contribution < -0.4 is 4.72 Å². The topological polar surface area (TPSA) is 81.7 Å². The summed E-state index contributed by atoms with van der Waals surface area (Å²) in [6.45, 7) is 7.16. The molecule has 1 fully saturated rings. The lowest BCUT2D eigenvalue weighted by Gasteiger charge is -2.19. The predicted octanol–water partition coefficient (Wildman–Crippen LogP) is 1.13. The van der Waals surface area contributed by atoms with E-state index in [0.717, 1.165) is 0 Å². The SMILES string of the molecule is CCOC(=O)C1CC1S(=O)NC(=O)OC(C)(C)C. The number of amides is 1. The van der Waals surface area contributed by atoms with Crippen LogP contribution in [0, 0.1) is 5.92 Å². The average molecular weight is 277 g/mol. The first-order valence-electron chi connectivity index (χ1n) is 5.81. The molecule has 0 aliphatic heterocycles. The highest BCUT2D eigenvalue weighted by Gasteiger charge is 2.49. The van der Waals surface area contributed by atoms with E-state index < -0.39 is 22.7 Å². The van der Waals surface area contributed by atoms with Gasteiger partial charge >= 0.3 is 12.1 Å². The van der Waals surface area contributed by atoms with Crippen molar-refractivity contribution in [1.29, 1.82) is 0 Å². The Morgan fingerprint density at radius 2 is 2.00 bits per heavy atom. The van der Waals surface area contributed by atoms with E-state index in [2.05, 4.69) is 4.72 Å². The number of ether oxygens (including phenoxy) is 2. The Labute approximate surface area is 109 Å². The predicted molar refractivity (Wildman–Crippen MR) is 66.0 cm³/mol. The fourth-order valence-corrected chi connectivity index (χ4v) is 2.51. The van der Waals surface area contributed by atoms with E-state index in [9.17, 15) is 13.8 Å². The van der Waals surface area contributed by atoms with Crippen LogP contribution in [0.25, 0.3) is 0 Å². The van der Waals surface area contributed by atoms with Crippen LogP contribution in [0.2, 0.25) is 0 Å². The average Bonchev–Trinajstić information content (AvgIpc) is 2.93. The second kappa shape index (κ2) is 5.69. The molecule has 1 aliphatic rings. The van der Waals surface area contributed by atoms with Crippen LogP contribution >= 0.6 is 0 Å². The summed E-state index contributed by atoms with van der Waals surface area (Å²) in [5, 5.41) is -0.364. The number of rotatable bonds is 4. The molecule has 0 bridgehead atoms. The first-order valence-corrected chi connectivity index (χ1v) is 7.02. The smallest absolute Gasteiger partial charge is 0.419 e. The molecule has 0 radical (unpaired) electrons. The van der Waals surface area contributed by atoms with E-state index in [1.54, 1.807) is 27.7 Å². The zero-order chi connectivity index (χ0) is 13.9. The van der Waals surface area contributed by atoms with E-state index in [1.807, 2.05) is 0 Å². The van der Waals surface area contributed by atoms with Crippen LogP contribution in [0.3, 0.4) is 0 Å². The third kappa shape index (κ3) is 4.64. The minimum atomic E-state index is -1.61. The van der Waals surface area contributed by atoms with E-state index in [1.165, 1.54) is 0 Å². The lowest BCUT2D eigenvalue weighted by Crippen LogP contribution is -2.35. The van der Waals surface area contributed by atoms with Gasteiger partial charge in [-0.3, -0.25) is 4.79 Å². The molecule has 18 heavy (non-hydrogen) atoms. The monoisotopic (exact) mass is 277 g/mol. The molecule has 0 aromatic heterocycles. The van der Waals surface area contributed by atoms with Crippen molar-refractivity contribution in [1.82, 2.24) is 4.72 Å². The summed E-state index contributed by atoms with van der Waals surface area (Å²) in [5.41, 5.74) is -0.640. The molecule has 0 aromatic carbocycles. The number of carbonyl (C=O) groups excluding carboxylic acids is 2. The molecular formula is C11H19NO5S.